The zero-order chi connectivity index (χ0) is 17.5. The molecule has 3 rings (SSSR count). The third kappa shape index (κ3) is 3.21. The lowest BCUT2D eigenvalue weighted by Gasteiger charge is -2.15. The first-order valence-electron chi connectivity index (χ1n) is 7.30. The highest BCUT2D eigenvalue weighted by Crippen LogP contribution is 2.44. The lowest BCUT2D eigenvalue weighted by atomic mass is 9.97. The van der Waals surface area contributed by atoms with E-state index in [1.165, 1.54) is 12.1 Å². The third-order valence-corrected chi connectivity index (χ3v) is 4.18. The van der Waals surface area contributed by atoms with Gasteiger partial charge in [0.15, 0.2) is 0 Å². The Labute approximate surface area is 141 Å². The van der Waals surface area contributed by atoms with Gasteiger partial charge in [-0.1, -0.05) is 17.7 Å². The fourth-order valence-electron chi connectivity index (χ4n) is 2.82. The van der Waals surface area contributed by atoms with Gasteiger partial charge in [0.1, 0.15) is 17.7 Å². The molecule has 7 heteroatoms. The first kappa shape index (κ1) is 17.0. The number of hydrogen-bond donors (Lipinski definition) is 1. The Hall–Kier alpha value is -1.79. The molecule has 1 atom stereocenters. The van der Waals surface area contributed by atoms with Crippen molar-refractivity contribution >= 4 is 11.6 Å². The van der Waals surface area contributed by atoms with Crippen LogP contribution in [0.2, 0.25) is 5.02 Å². The third-order valence-electron chi connectivity index (χ3n) is 3.89. The molecule has 2 nitrogen and oxygen atoms in total. The highest BCUT2D eigenvalue weighted by Gasteiger charge is 2.35. The van der Waals surface area contributed by atoms with E-state index in [2.05, 4.69) is 5.32 Å². The van der Waals surface area contributed by atoms with E-state index in [1.807, 2.05) is 0 Å². The Bertz CT molecular complexity index is 776. The van der Waals surface area contributed by atoms with Crippen molar-refractivity contribution in [1.29, 1.82) is 0 Å². The van der Waals surface area contributed by atoms with Crippen LogP contribution in [0, 0.1) is 5.82 Å². The standard InChI is InChI=1S/C17H14ClF4NO/c1-23-8-12-5-10-4-11(17(20,21)22)7-13(16(10)24-12)9-2-3-15(19)14(18)6-9/h2-4,6-7,12,23H,5,8H2,1H3. The van der Waals surface area contributed by atoms with Gasteiger partial charge in [-0.15, -0.1) is 0 Å². The summed E-state index contributed by atoms with van der Waals surface area (Å²) in [6.07, 6.45) is -4.35. The predicted octanol–water partition coefficient (Wildman–Crippen LogP) is 4.69. The van der Waals surface area contributed by atoms with Crippen molar-refractivity contribution in [2.24, 2.45) is 0 Å². The second-order valence-electron chi connectivity index (χ2n) is 5.64. The summed E-state index contributed by atoms with van der Waals surface area (Å²) in [7, 11) is 1.74. The highest BCUT2D eigenvalue weighted by atomic mass is 35.5. The van der Waals surface area contributed by atoms with Crippen LogP contribution in [-0.2, 0) is 12.6 Å². The predicted molar refractivity (Wildman–Crippen MR) is 83.9 cm³/mol. The van der Waals surface area contributed by atoms with Crippen molar-refractivity contribution in [3.63, 3.8) is 0 Å². The number of rotatable bonds is 3. The fraction of sp³-hybridized carbons (Fsp3) is 0.294. The Kier molecular flexibility index (Phi) is 4.44. The zero-order valence-electron chi connectivity index (χ0n) is 12.7. The molecule has 0 saturated carbocycles. The van der Waals surface area contributed by atoms with Crippen LogP contribution < -0.4 is 10.1 Å². The monoisotopic (exact) mass is 359 g/mol. The first-order chi connectivity index (χ1) is 11.3. The number of benzene rings is 2. The minimum absolute atomic E-state index is 0.150. The molecule has 0 saturated heterocycles. The molecule has 0 bridgehead atoms. The molecule has 1 heterocycles. The van der Waals surface area contributed by atoms with Crippen LogP contribution in [-0.4, -0.2) is 19.7 Å². The van der Waals surface area contributed by atoms with Gasteiger partial charge in [-0.25, -0.2) is 4.39 Å². The summed E-state index contributed by atoms with van der Waals surface area (Å²) in [6.45, 7) is 0.514. The summed E-state index contributed by atoms with van der Waals surface area (Å²) in [4.78, 5) is 0. The molecule has 0 amide bonds. The normalized spacial score (nSPS) is 16.8. The zero-order valence-corrected chi connectivity index (χ0v) is 13.4. The van der Waals surface area contributed by atoms with Crippen molar-refractivity contribution < 1.29 is 22.3 Å². The van der Waals surface area contributed by atoms with E-state index in [-0.39, 0.29) is 16.7 Å². The molecule has 24 heavy (non-hydrogen) atoms. The largest absolute Gasteiger partial charge is 0.488 e. The molecule has 0 aliphatic carbocycles. The molecule has 1 aliphatic rings. The Balaban J connectivity index is 2.14. The molecular weight excluding hydrogens is 346 g/mol. The molecule has 0 aromatic heterocycles. The average Bonchev–Trinajstić information content (AvgIpc) is 2.91. The van der Waals surface area contributed by atoms with Gasteiger partial charge in [-0.3, -0.25) is 0 Å². The second kappa shape index (κ2) is 6.26. The van der Waals surface area contributed by atoms with Gasteiger partial charge in [-0.2, -0.15) is 13.2 Å². The lowest BCUT2D eigenvalue weighted by Crippen LogP contribution is -2.27. The van der Waals surface area contributed by atoms with Gasteiger partial charge in [0.05, 0.1) is 10.6 Å². The lowest BCUT2D eigenvalue weighted by molar-refractivity contribution is -0.137. The fourth-order valence-corrected chi connectivity index (χ4v) is 3.00. The minimum Gasteiger partial charge on any atom is -0.488 e. The molecule has 1 N–H and O–H groups in total. The van der Waals surface area contributed by atoms with Crippen LogP contribution in [0.1, 0.15) is 11.1 Å². The molecule has 1 unspecified atom stereocenters. The van der Waals surface area contributed by atoms with Gasteiger partial charge in [0.25, 0.3) is 0 Å². The number of nitrogens with one attached hydrogen (secondary N) is 1. The number of likely N-dealkylation sites (N-methyl/N-ethyl adjacent to an activating group) is 1. The van der Waals surface area contributed by atoms with Gasteiger partial charge >= 0.3 is 6.18 Å². The van der Waals surface area contributed by atoms with Crippen molar-refractivity contribution in [3.8, 4) is 16.9 Å². The van der Waals surface area contributed by atoms with Crippen molar-refractivity contribution in [2.75, 3.05) is 13.6 Å². The minimum atomic E-state index is -4.48. The average molecular weight is 360 g/mol. The maximum Gasteiger partial charge on any atom is 0.416 e. The van der Waals surface area contributed by atoms with Crippen LogP contribution in [0.5, 0.6) is 5.75 Å². The van der Waals surface area contributed by atoms with E-state index in [9.17, 15) is 17.6 Å². The molecule has 2 aromatic rings. The van der Waals surface area contributed by atoms with Crippen molar-refractivity contribution in [3.05, 3.63) is 52.3 Å². The van der Waals surface area contributed by atoms with Crippen LogP contribution in [0.3, 0.4) is 0 Å². The van der Waals surface area contributed by atoms with Crippen LogP contribution in [0.4, 0.5) is 17.6 Å². The highest BCUT2D eigenvalue weighted by molar-refractivity contribution is 6.31. The Morgan fingerprint density at radius 1 is 1.25 bits per heavy atom. The molecule has 1 aliphatic heterocycles. The molecule has 0 fully saturated rings. The maximum absolute atomic E-state index is 13.4. The van der Waals surface area contributed by atoms with E-state index in [0.29, 0.717) is 29.8 Å². The van der Waals surface area contributed by atoms with Crippen LogP contribution >= 0.6 is 11.6 Å². The second-order valence-corrected chi connectivity index (χ2v) is 6.05. The molecule has 0 spiro atoms. The molecule has 2 aromatic carbocycles. The quantitative estimate of drug-likeness (QED) is 0.803. The van der Waals surface area contributed by atoms with Gasteiger partial charge in [-0.05, 0) is 42.4 Å². The Morgan fingerprint density at radius 2 is 2.00 bits per heavy atom. The summed E-state index contributed by atoms with van der Waals surface area (Å²) in [5, 5.41) is 2.80. The summed E-state index contributed by atoms with van der Waals surface area (Å²) < 4.78 is 58.8. The maximum atomic E-state index is 13.4. The topological polar surface area (TPSA) is 21.3 Å². The SMILES string of the molecule is CNCC1Cc2cc(C(F)(F)F)cc(-c3ccc(F)c(Cl)c3)c2O1. The number of alkyl halides is 3. The van der Waals surface area contributed by atoms with Crippen molar-refractivity contribution in [1.82, 2.24) is 5.32 Å². The van der Waals surface area contributed by atoms with Crippen LogP contribution in [0.25, 0.3) is 11.1 Å². The summed E-state index contributed by atoms with van der Waals surface area (Å²) in [6, 6.07) is 5.96. The van der Waals surface area contributed by atoms with Gasteiger partial charge < -0.3 is 10.1 Å². The molecular formula is C17H14ClF4NO. The number of fused-ring (bicyclic) bond motifs is 1. The number of hydrogen-bond acceptors (Lipinski definition) is 2. The van der Waals surface area contributed by atoms with E-state index >= 15 is 0 Å². The van der Waals surface area contributed by atoms with E-state index < -0.39 is 17.6 Å². The Morgan fingerprint density at radius 3 is 2.62 bits per heavy atom. The number of ether oxygens (including phenoxy) is 1. The van der Waals surface area contributed by atoms with Gasteiger partial charge in [0.2, 0.25) is 0 Å². The van der Waals surface area contributed by atoms with E-state index in [4.69, 9.17) is 16.3 Å². The van der Waals surface area contributed by atoms with Crippen LogP contribution in [0.15, 0.2) is 30.3 Å². The summed E-state index contributed by atoms with van der Waals surface area (Å²) >= 11 is 5.77. The molecule has 0 radical (unpaired) electrons. The molecule has 128 valence electrons. The van der Waals surface area contributed by atoms with E-state index in [0.717, 1.165) is 18.2 Å². The first-order valence-corrected chi connectivity index (χ1v) is 7.68. The van der Waals surface area contributed by atoms with E-state index in [1.54, 1.807) is 7.05 Å². The van der Waals surface area contributed by atoms with Crippen molar-refractivity contribution in [2.45, 2.75) is 18.7 Å². The van der Waals surface area contributed by atoms with Gasteiger partial charge in [0, 0.05) is 18.5 Å². The smallest absolute Gasteiger partial charge is 0.416 e. The summed E-state index contributed by atoms with van der Waals surface area (Å²) in [5.74, 6) is -0.232. The number of halogens is 5. The summed E-state index contributed by atoms with van der Waals surface area (Å²) in [5.41, 5.74) is 0.375.